The summed E-state index contributed by atoms with van der Waals surface area (Å²) >= 11 is 0. The highest BCUT2D eigenvalue weighted by Crippen LogP contribution is 2.30. The highest BCUT2D eigenvalue weighted by molar-refractivity contribution is 5.98. The van der Waals surface area contributed by atoms with Crippen LogP contribution in [0, 0.1) is 5.92 Å². The number of carbonyl (C=O) groups is 1. The van der Waals surface area contributed by atoms with Gasteiger partial charge in [-0.05, 0) is 23.8 Å². The van der Waals surface area contributed by atoms with E-state index in [0.29, 0.717) is 5.92 Å². The Morgan fingerprint density at radius 3 is 2.95 bits per heavy atom. The minimum absolute atomic E-state index is 0.124. The molecule has 0 amide bonds. The maximum absolute atomic E-state index is 11.3. The molecule has 0 aliphatic carbocycles. The minimum atomic E-state index is -0.969. The quantitative estimate of drug-likeness (QED) is 0.930. The van der Waals surface area contributed by atoms with E-state index in [1.807, 2.05) is 24.3 Å². The van der Waals surface area contributed by atoms with Crippen LogP contribution in [0.15, 0.2) is 30.3 Å². The van der Waals surface area contributed by atoms with Gasteiger partial charge in [0.2, 0.25) is 0 Å². The summed E-state index contributed by atoms with van der Waals surface area (Å²) in [6.45, 7) is 4.13. The zero-order valence-electron chi connectivity index (χ0n) is 11.5. The van der Waals surface area contributed by atoms with Crippen LogP contribution in [0.25, 0.3) is 10.8 Å². The topological polar surface area (TPSA) is 53.4 Å². The molecule has 4 heteroatoms. The Hall–Kier alpha value is -2.10. The molecule has 1 aliphatic heterocycles. The van der Waals surface area contributed by atoms with Gasteiger partial charge >= 0.3 is 5.97 Å². The van der Waals surface area contributed by atoms with Crippen LogP contribution in [0.1, 0.15) is 30.3 Å². The van der Waals surface area contributed by atoms with Crippen molar-refractivity contribution in [2.75, 3.05) is 18.0 Å². The fourth-order valence-corrected chi connectivity index (χ4v) is 2.89. The van der Waals surface area contributed by atoms with Gasteiger partial charge in [-0.15, -0.1) is 0 Å². The van der Waals surface area contributed by atoms with E-state index in [1.165, 1.54) is 0 Å². The molecule has 1 saturated heterocycles. The first-order valence-electron chi connectivity index (χ1n) is 7.07. The summed E-state index contributed by atoms with van der Waals surface area (Å²) in [7, 11) is 0. The third kappa shape index (κ3) is 2.22. The molecular weight excluding hydrogens is 252 g/mol. The lowest BCUT2D eigenvalue weighted by atomic mass is 10.1. The number of aromatic nitrogens is 1. The number of hydrogen-bond acceptors (Lipinski definition) is 3. The van der Waals surface area contributed by atoms with Crippen LogP contribution in [-0.4, -0.2) is 29.1 Å². The first kappa shape index (κ1) is 12.9. The first-order chi connectivity index (χ1) is 9.69. The van der Waals surface area contributed by atoms with E-state index in [2.05, 4.69) is 16.8 Å². The van der Waals surface area contributed by atoms with Crippen molar-refractivity contribution in [2.24, 2.45) is 5.92 Å². The van der Waals surface area contributed by atoms with Crippen molar-refractivity contribution >= 4 is 22.6 Å². The molecule has 1 atom stereocenters. The third-order valence-corrected chi connectivity index (χ3v) is 4.10. The van der Waals surface area contributed by atoms with Gasteiger partial charge in [-0.3, -0.25) is 0 Å². The molecule has 0 radical (unpaired) electrons. The molecule has 1 N–H and O–H groups in total. The molecule has 0 bridgehead atoms. The molecule has 1 aromatic carbocycles. The summed E-state index contributed by atoms with van der Waals surface area (Å²) in [4.78, 5) is 17.9. The number of fused-ring (bicyclic) bond motifs is 1. The number of aromatic carboxylic acids is 1. The standard InChI is InChI=1S/C16H18N2O2/c1-2-11-7-8-18(10-11)15-13-6-4-3-5-12(13)9-14(17-15)16(19)20/h3-6,9,11H,2,7-8,10H2,1H3,(H,19,20). The second-order valence-electron chi connectivity index (χ2n) is 5.37. The number of carboxylic acids is 1. The predicted molar refractivity (Wildman–Crippen MR) is 79.3 cm³/mol. The van der Waals surface area contributed by atoms with Crippen LogP contribution in [0.5, 0.6) is 0 Å². The maximum atomic E-state index is 11.3. The molecule has 1 unspecified atom stereocenters. The molecule has 20 heavy (non-hydrogen) atoms. The van der Waals surface area contributed by atoms with Gasteiger partial charge in [0.15, 0.2) is 5.69 Å². The minimum Gasteiger partial charge on any atom is -0.477 e. The van der Waals surface area contributed by atoms with Crippen molar-refractivity contribution in [1.29, 1.82) is 0 Å². The third-order valence-electron chi connectivity index (χ3n) is 4.10. The number of anilines is 1. The van der Waals surface area contributed by atoms with Gasteiger partial charge < -0.3 is 10.0 Å². The van der Waals surface area contributed by atoms with E-state index >= 15 is 0 Å². The number of benzene rings is 1. The summed E-state index contributed by atoms with van der Waals surface area (Å²) in [5, 5.41) is 11.2. The average molecular weight is 270 g/mol. The molecule has 1 aliphatic rings. The lowest BCUT2D eigenvalue weighted by molar-refractivity contribution is 0.0691. The molecule has 2 aromatic rings. The van der Waals surface area contributed by atoms with E-state index in [-0.39, 0.29) is 5.69 Å². The Labute approximate surface area is 118 Å². The summed E-state index contributed by atoms with van der Waals surface area (Å²) in [6.07, 6.45) is 2.32. The number of pyridine rings is 1. The van der Waals surface area contributed by atoms with Crippen LogP contribution < -0.4 is 4.90 Å². The smallest absolute Gasteiger partial charge is 0.354 e. The van der Waals surface area contributed by atoms with Crippen molar-refractivity contribution in [2.45, 2.75) is 19.8 Å². The first-order valence-corrected chi connectivity index (χ1v) is 7.07. The fourth-order valence-electron chi connectivity index (χ4n) is 2.89. The van der Waals surface area contributed by atoms with Crippen LogP contribution in [0.3, 0.4) is 0 Å². The van der Waals surface area contributed by atoms with Crippen LogP contribution in [0.4, 0.5) is 5.82 Å². The molecule has 0 spiro atoms. The zero-order valence-corrected chi connectivity index (χ0v) is 11.5. The van der Waals surface area contributed by atoms with Gasteiger partial charge in [0, 0.05) is 18.5 Å². The van der Waals surface area contributed by atoms with Crippen molar-refractivity contribution in [1.82, 2.24) is 4.98 Å². The second kappa shape index (κ2) is 5.12. The van der Waals surface area contributed by atoms with Gasteiger partial charge in [-0.2, -0.15) is 0 Å². The fraction of sp³-hybridized carbons (Fsp3) is 0.375. The lowest BCUT2D eigenvalue weighted by Crippen LogP contribution is -2.22. The van der Waals surface area contributed by atoms with Crippen LogP contribution in [-0.2, 0) is 0 Å². The zero-order chi connectivity index (χ0) is 14.1. The normalized spacial score (nSPS) is 18.6. The summed E-state index contributed by atoms with van der Waals surface area (Å²) in [5.41, 5.74) is 0.124. The van der Waals surface area contributed by atoms with Crippen molar-refractivity contribution in [3.8, 4) is 0 Å². The van der Waals surface area contributed by atoms with Gasteiger partial charge in [-0.1, -0.05) is 37.6 Å². The predicted octanol–water partition coefficient (Wildman–Crippen LogP) is 3.17. The molecule has 0 saturated carbocycles. The lowest BCUT2D eigenvalue weighted by Gasteiger charge is -2.20. The summed E-state index contributed by atoms with van der Waals surface area (Å²) < 4.78 is 0. The van der Waals surface area contributed by atoms with Crippen molar-refractivity contribution in [3.63, 3.8) is 0 Å². The Kier molecular flexibility index (Phi) is 3.30. The Bertz CT molecular complexity index is 654. The highest BCUT2D eigenvalue weighted by atomic mass is 16.4. The molecule has 104 valence electrons. The molecular formula is C16H18N2O2. The molecule has 2 heterocycles. The van der Waals surface area contributed by atoms with Gasteiger partial charge in [-0.25, -0.2) is 9.78 Å². The number of hydrogen-bond donors (Lipinski definition) is 1. The van der Waals surface area contributed by atoms with Crippen LogP contribution >= 0.6 is 0 Å². The number of rotatable bonds is 3. The molecule has 4 nitrogen and oxygen atoms in total. The molecule has 1 fully saturated rings. The van der Waals surface area contributed by atoms with E-state index in [9.17, 15) is 9.90 Å². The van der Waals surface area contributed by atoms with E-state index in [1.54, 1.807) is 6.07 Å². The monoisotopic (exact) mass is 270 g/mol. The summed E-state index contributed by atoms with van der Waals surface area (Å²) in [5.74, 6) is 0.531. The number of nitrogens with zero attached hydrogens (tertiary/aromatic N) is 2. The SMILES string of the molecule is CCC1CCN(c2nc(C(=O)O)cc3ccccc23)C1. The van der Waals surface area contributed by atoms with Crippen molar-refractivity contribution < 1.29 is 9.90 Å². The Morgan fingerprint density at radius 2 is 2.25 bits per heavy atom. The summed E-state index contributed by atoms with van der Waals surface area (Å²) in [6, 6.07) is 9.51. The molecule has 3 rings (SSSR count). The van der Waals surface area contributed by atoms with Gasteiger partial charge in [0.25, 0.3) is 0 Å². The average Bonchev–Trinajstić information content (AvgIpc) is 2.94. The van der Waals surface area contributed by atoms with Crippen molar-refractivity contribution in [3.05, 3.63) is 36.0 Å². The second-order valence-corrected chi connectivity index (χ2v) is 5.37. The van der Waals surface area contributed by atoms with E-state index in [0.717, 1.165) is 42.5 Å². The van der Waals surface area contributed by atoms with E-state index < -0.39 is 5.97 Å². The highest BCUT2D eigenvalue weighted by Gasteiger charge is 2.24. The largest absolute Gasteiger partial charge is 0.477 e. The Balaban J connectivity index is 2.10. The van der Waals surface area contributed by atoms with E-state index in [4.69, 9.17) is 0 Å². The number of carboxylic acid groups (broad SMARTS) is 1. The van der Waals surface area contributed by atoms with Gasteiger partial charge in [0.1, 0.15) is 5.82 Å². The van der Waals surface area contributed by atoms with Gasteiger partial charge in [0.05, 0.1) is 0 Å². The maximum Gasteiger partial charge on any atom is 0.354 e. The van der Waals surface area contributed by atoms with Crippen LogP contribution in [0.2, 0.25) is 0 Å². The molecule has 1 aromatic heterocycles. The Morgan fingerprint density at radius 1 is 1.45 bits per heavy atom.